The van der Waals surface area contributed by atoms with E-state index in [2.05, 4.69) is 45.2 Å². The normalized spacial score (nSPS) is 14.3. The van der Waals surface area contributed by atoms with Gasteiger partial charge in [-0.2, -0.15) is 10.1 Å². The van der Waals surface area contributed by atoms with Gasteiger partial charge in [0.1, 0.15) is 12.0 Å². The molecular formula is C26H29N5O3. The summed E-state index contributed by atoms with van der Waals surface area (Å²) in [5.74, 6) is 0.835. The predicted molar refractivity (Wildman–Crippen MR) is 129 cm³/mol. The van der Waals surface area contributed by atoms with Crippen LogP contribution in [0.25, 0.3) is 5.69 Å². The van der Waals surface area contributed by atoms with E-state index < -0.39 is 0 Å². The average Bonchev–Trinajstić information content (AvgIpc) is 3.58. The summed E-state index contributed by atoms with van der Waals surface area (Å²) in [5, 5.41) is 4.31. The Kier molecular flexibility index (Phi) is 6.88. The van der Waals surface area contributed by atoms with Crippen LogP contribution in [0.3, 0.4) is 0 Å². The van der Waals surface area contributed by atoms with Crippen LogP contribution in [-0.4, -0.2) is 53.1 Å². The lowest BCUT2D eigenvalue weighted by Gasteiger charge is -2.25. The summed E-state index contributed by atoms with van der Waals surface area (Å²) in [6.45, 7) is 5.43. The van der Waals surface area contributed by atoms with Crippen molar-refractivity contribution in [1.29, 1.82) is 0 Å². The first-order valence-corrected chi connectivity index (χ1v) is 11.5. The van der Waals surface area contributed by atoms with Crippen molar-refractivity contribution in [1.82, 2.24) is 19.7 Å². The van der Waals surface area contributed by atoms with Gasteiger partial charge in [-0.1, -0.05) is 24.3 Å². The molecule has 1 fully saturated rings. The monoisotopic (exact) mass is 459 g/mol. The molecule has 8 heteroatoms. The van der Waals surface area contributed by atoms with Crippen LogP contribution in [0.2, 0.25) is 0 Å². The third-order valence-corrected chi connectivity index (χ3v) is 5.89. The maximum atomic E-state index is 5.96. The fourth-order valence-electron chi connectivity index (χ4n) is 4.08. The van der Waals surface area contributed by atoms with Gasteiger partial charge in [0.25, 0.3) is 6.01 Å². The first-order valence-electron chi connectivity index (χ1n) is 11.5. The van der Waals surface area contributed by atoms with Gasteiger partial charge in [0.15, 0.2) is 0 Å². The SMILES string of the molecule is COc1cccc(CN(Cc2ccc(-n3cccn3)cc2)c2nc(CN3CCOCC3)co2)c1. The topological polar surface area (TPSA) is 68.8 Å². The number of hydrogen-bond donors (Lipinski definition) is 0. The fraction of sp³-hybridized carbons (Fsp3) is 0.308. The summed E-state index contributed by atoms with van der Waals surface area (Å²) in [6.07, 6.45) is 5.48. The summed E-state index contributed by atoms with van der Waals surface area (Å²) in [7, 11) is 1.68. The number of hydrogen-bond acceptors (Lipinski definition) is 7. The molecule has 1 saturated heterocycles. The van der Waals surface area contributed by atoms with Crippen molar-refractivity contribution in [2.75, 3.05) is 38.3 Å². The van der Waals surface area contributed by atoms with Crippen LogP contribution in [-0.2, 0) is 24.4 Å². The minimum absolute atomic E-state index is 0.613. The van der Waals surface area contributed by atoms with Crippen molar-refractivity contribution in [3.05, 3.63) is 90.1 Å². The van der Waals surface area contributed by atoms with Gasteiger partial charge in [-0.25, -0.2) is 4.68 Å². The number of morpholine rings is 1. The van der Waals surface area contributed by atoms with Crippen LogP contribution in [0.15, 0.2) is 77.7 Å². The number of aromatic nitrogens is 3. The maximum Gasteiger partial charge on any atom is 0.298 e. The van der Waals surface area contributed by atoms with Crippen LogP contribution in [0.4, 0.5) is 6.01 Å². The Hall–Kier alpha value is -3.62. The van der Waals surface area contributed by atoms with Crippen molar-refractivity contribution in [2.24, 2.45) is 0 Å². The minimum Gasteiger partial charge on any atom is -0.497 e. The Morgan fingerprint density at radius 3 is 2.59 bits per heavy atom. The molecule has 2 aromatic heterocycles. The average molecular weight is 460 g/mol. The molecule has 176 valence electrons. The van der Waals surface area contributed by atoms with E-state index in [4.69, 9.17) is 18.9 Å². The highest BCUT2D eigenvalue weighted by Crippen LogP contribution is 2.23. The molecule has 8 nitrogen and oxygen atoms in total. The molecule has 2 aromatic carbocycles. The van der Waals surface area contributed by atoms with E-state index in [9.17, 15) is 0 Å². The molecule has 0 saturated carbocycles. The van der Waals surface area contributed by atoms with Crippen LogP contribution in [0.5, 0.6) is 5.75 Å². The van der Waals surface area contributed by atoms with Gasteiger partial charge in [-0.05, 0) is 41.5 Å². The first kappa shape index (κ1) is 22.2. The summed E-state index contributed by atoms with van der Waals surface area (Å²) in [4.78, 5) is 9.32. The number of ether oxygens (including phenoxy) is 2. The molecule has 34 heavy (non-hydrogen) atoms. The zero-order valence-electron chi connectivity index (χ0n) is 19.3. The number of methoxy groups -OCH3 is 1. The Morgan fingerprint density at radius 1 is 1.00 bits per heavy atom. The third-order valence-electron chi connectivity index (χ3n) is 5.89. The number of nitrogens with zero attached hydrogens (tertiary/aromatic N) is 5. The Bertz CT molecular complexity index is 1170. The molecule has 0 amide bonds. The Balaban J connectivity index is 1.35. The first-order chi connectivity index (χ1) is 16.8. The van der Waals surface area contributed by atoms with E-state index in [-0.39, 0.29) is 0 Å². The number of anilines is 1. The lowest BCUT2D eigenvalue weighted by molar-refractivity contribution is 0.0336. The molecule has 1 aliphatic rings. The zero-order chi connectivity index (χ0) is 23.2. The van der Waals surface area contributed by atoms with E-state index in [1.54, 1.807) is 19.6 Å². The number of rotatable bonds is 9. The zero-order valence-corrected chi connectivity index (χ0v) is 19.3. The van der Waals surface area contributed by atoms with E-state index in [1.807, 2.05) is 35.1 Å². The van der Waals surface area contributed by atoms with Crippen molar-refractivity contribution < 1.29 is 13.9 Å². The summed E-state index contributed by atoms with van der Waals surface area (Å²) in [5.41, 5.74) is 4.24. The molecule has 1 aliphatic heterocycles. The second-order valence-electron chi connectivity index (χ2n) is 8.33. The van der Waals surface area contributed by atoms with Gasteiger partial charge < -0.3 is 18.8 Å². The van der Waals surface area contributed by atoms with Crippen LogP contribution >= 0.6 is 0 Å². The quantitative estimate of drug-likeness (QED) is 0.376. The maximum absolute atomic E-state index is 5.96. The third kappa shape index (κ3) is 5.47. The molecule has 4 aromatic rings. The van der Waals surface area contributed by atoms with Crippen molar-refractivity contribution in [2.45, 2.75) is 19.6 Å². The predicted octanol–water partition coefficient (Wildman–Crippen LogP) is 3.91. The van der Waals surface area contributed by atoms with E-state index in [0.717, 1.165) is 61.1 Å². The van der Waals surface area contributed by atoms with E-state index in [0.29, 0.717) is 19.1 Å². The standard InChI is InChI=1S/C26H29N5O3/c1-32-25-5-2-4-22(16-25)18-30(17-21-6-8-24(9-7-21)31-11-3-10-27-31)26-28-23(20-34-26)19-29-12-14-33-15-13-29/h2-11,16,20H,12-15,17-19H2,1H3. The molecule has 0 N–H and O–H groups in total. The fourth-order valence-corrected chi connectivity index (χ4v) is 4.08. The van der Waals surface area contributed by atoms with Crippen molar-refractivity contribution >= 4 is 6.01 Å². The highest BCUT2D eigenvalue weighted by atomic mass is 16.5. The highest BCUT2D eigenvalue weighted by molar-refractivity contribution is 5.38. The van der Waals surface area contributed by atoms with Gasteiger partial charge >= 0.3 is 0 Å². The Morgan fingerprint density at radius 2 is 1.82 bits per heavy atom. The highest BCUT2D eigenvalue weighted by Gasteiger charge is 2.18. The lowest BCUT2D eigenvalue weighted by atomic mass is 10.1. The largest absolute Gasteiger partial charge is 0.497 e. The molecule has 3 heterocycles. The van der Waals surface area contributed by atoms with Gasteiger partial charge in [-0.3, -0.25) is 4.90 Å². The number of benzene rings is 2. The molecule has 5 rings (SSSR count). The van der Waals surface area contributed by atoms with Crippen molar-refractivity contribution in [3.8, 4) is 11.4 Å². The second-order valence-corrected chi connectivity index (χ2v) is 8.33. The molecule has 0 radical (unpaired) electrons. The molecular weight excluding hydrogens is 430 g/mol. The molecule has 0 unspecified atom stereocenters. The minimum atomic E-state index is 0.613. The van der Waals surface area contributed by atoms with Gasteiger partial charge in [0, 0.05) is 45.1 Å². The molecule has 0 atom stereocenters. The van der Waals surface area contributed by atoms with Crippen LogP contribution in [0.1, 0.15) is 16.8 Å². The summed E-state index contributed by atoms with van der Waals surface area (Å²) < 4.78 is 18.7. The van der Waals surface area contributed by atoms with Crippen LogP contribution < -0.4 is 9.64 Å². The van der Waals surface area contributed by atoms with E-state index in [1.165, 1.54) is 0 Å². The van der Waals surface area contributed by atoms with Gasteiger partial charge in [0.05, 0.1) is 31.7 Å². The van der Waals surface area contributed by atoms with Gasteiger partial charge in [-0.15, -0.1) is 0 Å². The summed E-state index contributed by atoms with van der Waals surface area (Å²) >= 11 is 0. The molecule has 0 bridgehead atoms. The molecule has 0 aliphatic carbocycles. The smallest absolute Gasteiger partial charge is 0.298 e. The lowest BCUT2D eigenvalue weighted by Crippen LogP contribution is -2.35. The van der Waals surface area contributed by atoms with E-state index >= 15 is 0 Å². The van der Waals surface area contributed by atoms with Gasteiger partial charge in [0.2, 0.25) is 0 Å². The van der Waals surface area contributed by atoms with Crippen LogP contribution in [0, 0.1) is 0 Å². The number of oxazole rings is 1. The summed E-state index contributed by atoms with van der Waals surface area (Å²) in [6, 6.07) is 19.0. The van der Waals surface area contributed by atoms with Crippen molar-refractivity contribution in [3.63, 3.8) is 0 Å². The molecule has 0 spiro atoms. The Labute approximate surface area is 199 Å². The second kappa shape index (κ2) is 10.5.